The van der Waals surface area contributed by atoms with E-state index in [0.717, 1.165) is 29.4 Å². The fourth-order valence-electron chi connectivity index (χ4n) is 4.19. The molecule has 0 nitrogen and oxygen atoms in total. The first-order valence-electron chi connectivity index (χ1n) is 9.01. The summed E-state index contributed by atoms with van der Waals surface area (Å²) in [6, 6.07) is 4.16. The summed E-state index contributed by atoms with van der Waals surface area (Å²) in [6.07, 6.45) is 15.7. The summed E-state index contributed by atoms with van der Waals surface area (Å²) in [7, 11) is 0. The van der Waals surface area contributed by atoms with E-state index in [-0.39, 0.29) is 0 Å². The van der Waals surface area contributed by atoms with Crippen LogP contribution < -0.4 is 0 Å². The van der Waals surface area contributed by atoms with Gasteiger partial charge in [-0.3, -0.25) is 0 Å². The van der Waals surface area contributed by atoms with Crippen molar-refractivity contribution < 1.29 is 8.78 Å². The normalized spacial score (nSPS) is 27.8. The van der Waals surface area contributed by atoms with Crippen molar-refractivity contribution in [3.63, 3.8) is 0 Å². The molecule has 0 spiro atoms. The Hall–Kier alpha value is -1.44. The maximum atomic E-state index is 13.4. The van der Waals surface area contributed by atoms with E-state index in [1.54, 1.807) is 6.07 Å². The highest BCUT2D eigenvalue weighted by Crippen LogP contribution is 2.39. The molecule has 2 aliphatic rings. The maximum absolute atomic E-state index is 13.4. The van der Waals surface area contributed by atoms with Gasteiger partial charge in [-0.05, 0) is 60.3 Å². The Morgan fingerprint density at radius 2 is 1.83 bits per heavy atom. The number of hydrogen-bond acceptors (Lipinski definition) is 0. The molecule has 1 aromatic carbocycles. The summed E-state index contributed by atoms with van der Waals surface area (Å²) in [5, 5.41) is 0. The Kier molecular flexibility index (Phi) is 5.30. The molecule has 0 saturated heterocycles. The van der Waals surface area contributed by atoms with Crippen molar-refractivity contribution in [3.8, 4) is 0 Å². The highest BCUT2D eigenvalue weighted by Gasteiger charge is 2.26. The summed E-state index contributed by atoms with van der Waals surface area (Å²) in [5.41, 5.74) is 1.78. The lowest BCUT2D eigenvalue weighted by atomic mass is 9.72. The van der Waals surface area contributed by atoms with Crippen LogP contribution in [0.3, 0.4) is 0 Å². The molecule has 0 radical (unpaired) electrons. The van der Waals surface area contributed by atoms with Gasteiger partial charge in [-0.15, -0.1) is 0 Å². The lowest BCUT2D eigenvalue weighted by Crippen LogP contribution is -2.21. The predicted molar refractivity (Wildman–Crippen MR) is 91.9 cm³/mol. The van der Waals surface area contributed by atoms with Crippen molar-refractivity contribution in [2.75, 3.05) is 0 Å². The second-order valence-corrected chi connectivity index (χ2v) is 7.12. The molecule has 3 rings (SSSR count). The van der Waals surface area contributed by atoms with Crippen LogP contribution >= 0.6 is 0 Å². The Morgan fingerprint density at radius 1 is 1.04 bits per heavy atom. The van der Waals surface area contributed by atoms with Crippen LogP contribution in [0.2, 0.25) is 0 Å². The first-order valence-corrected chi connectivity index (χ1v) is 9.01. The van der Waals surface area contributed by atoms with Crippen LogP contribution in [-0.4, -0.2) is 0 Å². The quantitative estimate of drug-likeness (QED) is 0.592. The Balaban J connectivity index is 1.59. The molecule has 0 aromatic heterocycles. The molecule has 0 aliphatic heterocycles. The topological polar surface area (TPSA) is 0 Å². The number of halogens is 2. The van der Waals surface area contributed by atoms with Crippen molar-refractivity contribution >= 4 is 5.57 Å². The molecule has 0 amide bonds. The standard InChI is InChI=1S/C21H26F2/c1-2-3-15-4-6-16(7-5-15)17-8-10-18(11-9-17)19-12-13-20(22)21(23)14-19/h8,10-17H,2-7,9H2,1H3/t15-,16-,17?. The molecule has 2 heteroatoms. The summed E-state index contributed by atoms with van der Waals surface area (Å²) < 4.78 is 26.4. The molecule has 0 heterocycles. The SMILES string of the molecule is CCC[C@H]1CC[C@H](C2C=CC(c3ccc(F)c(F)c3)=CC2)CC1. The van der Waals surface area contributed by atoms with E-state index >= 15 is 0 Å². The lowest BCUT2D eigenvalue weighted by Gasteiger charge is -2.33. The van der Waals surface area contributed by atoms with Gasteiger partial charge in [0.05, 0.1) is 0 Å². The Labute approximate surface area is 138 Å². The van der Waals surface area contributed by atoms with Crippen LogP contribution in [0.15, 0.2) is 36.4 Å². The minimum absolute atomic E-state index is 0.617. The molecule has 1 unspecified atom stereocenters. The molecule has 0 N–H and O–H groups in total. The lowest BCUT2D eigenvalue weighted by molar-refractivity contribution is 0.221. The fourth-order valence-corrected chi connectivity index (χ4v) is 4.19. The minimum Gasteiger partial charge on any atom is -0.204 e. The molecular formula is C21H26F2. The molecule has 1 atom stereocenters. The van der Waals surface area contributed by atoms with E-state index in [9.17, 15) is 8.78 Å². The zero-order chi connectivity index (χ0) is 16.2. The van der Waals surface area contributed by atoms with Gasteiger partial charge in [-0.2, -0.15) is 0 Å². The highest BCUT2D eigenvalue weighted by molar-refractivity contribution is 5.74. The molecule has 0 bridgehead atoms. The summed E-state index contributed by atoms with van der Waals surface area (Å²) in [6.45, 7) is 2.28. The second-order valence-electron chi connectivity index (χ2n) is 7.12. The van der Waals surface area contributed by atoms with E-state index in [2.05, 4.69) is 25.2 Å². The Morgan fingerprint density at radius 3 is 2.43 bits per heavy atom. The summed E-state index contributed by atoms with van der Waals surface area (Å²) in [4.78, 5) is 0. The van der Waals surface area contributed by atoms with Crippen molar-refractivity contribution in [1.82, 2.24) is 0 Å². The van der Waals surface area contributed by atoms with E-state index in [4.69, 9.17) is 0 Å². The predicted octanol–water partition coefficient (Wildman–Crippen LogP) is 6.53. The minimum atomic E-state index is -0.782. The van der Waals surface area contributed by atoms with Crippen LogP contribution in [-0.2, 0) is 0 Å². The fraction of sp³-hybridized carbons (Fsp3) is 0.524. The summed E-state index contributed by atoms with van der Waals surface area (Å²) >= 11 is 0. The molecule has 2 aliphatic carbocycles. The van der Waals surface area contributed by atoms with Crippen LogP contribution in [0, 0.1) is 29.4 Å². The van der Waals surface area contributed by atoms with E-state index in [1.807, 2.05) is 0 Å². The van der Waals surface area contributed by atoms with Gasteiger partial charge < -0.3 is 0 Å². The highest BCUT2D eigenvalue weighted by atomic mass is 19.2. The first-order chi connectivity index (χ1) is 11.2. The molecule has 1 fully saturated rings. The van der Waals surface area contributed by atoms with Crippen molar-refractivity contribution in [1.29, 1.82) is 0 Å². The van der Waals surface area contributed by atoms with Gasteiger partial charge in [0.1, 0.15) is 0 Å². The van der Waals surface area contributed by atoms with Crippen molar-refractivity contribution in [3.05, 3.63) is 53.6 Å². The van der Waals surface area contributed by atoms with Crippen LogP contribution in [0.5, 0.6) is 0 Å². The number of allylic oxidation sites excluding steroid dienone is 4. The molecule has 124 valence electrons. The van der Waals surface area contributed by atoms with Gasteiger partial charge in [0, 0.05) is 0 Å². The first kappa shape index (κ1) is 16.4. The zero-order valence-corrected chi connectivity index (χ0v) is 13.9. The molecule has 23 heavy (non-hydrogen) atoms. The van der Waals surface area contributed by atoms with E-state index in [1.165, 1.54) is 50.7 Å². The third-order valence-electron chi connectivity index (χ3n) is 5.58. The van der Waals surface area contributed by atoms with Crippen molar-refractivity contribution in [2.45, 2.75) is 51.9 Å². The van der Waals surface area contributed by atoms with E-state index in [0.29, 0.717) is 5.92 Å². The average molecular weight is 316 g/mol. The van der Waals surface area contributed by atoms with Gasteiger partial charge in [-0.1, -0.05) is 56.9 Å². The number of rotatable bonds is 4. The van der Waals surface area contributed by atoms with Crippen LogP contribution in [0.4, 0.5) is 8.78 Å². The maximum Gasteiger partial charge on any atom is 0.159 e. The number of benzene rings is 1. The van der Waals surface area contributed by atoms with Gasteiger partial charge >= 0.3 is 0 Å². The summed E-state index contributed by atoms with van der Waals surface area (Å²) in [5.74, 6) is 0.801. The molecule has 1 aromatic rings. The smallest absolute Gasteiger partial charge is 0.159 e. The zero-order valence-electron chi connectivity index (χ0n) is 13.9. The second kappa shape index (κ2) is 7.42. The third-order valence-corrected chi connectivity index (χ3v) is 5.58. The third kappa shape index (κ3) is 3.91. The largest absolute Gasteiger partial charge is 0.204 e. The monoisotopic (exact) mass is 316 g/mol. The Bertz CT molecular complexity index is 592. The van der Waals surface area contributed by atoms with Gasteiger partial charge in [0.15, 0.2) is 11.6 Å². The van der Waals surface area contributed by atoms with E-state index < -0.39 is 11.6 Å². The van der Waals surface area contributed by atoms with Gasteiger partial charge in [-0.25, -0.2) is 8.78 Å². The number of hydrogen-bond donors (Lipinski definition) is 0. The average Bonchev–Trinajstić information content (AvgIpc) is 2.59. The van der Waals surface area contributed by atoms with Crippen LogP contribution in [0.25, 0.3) is 5.57 Å². The molecular weight excluding hydrogens is 290 g/mol. The molecule has 1 saturated carbocycles. The van der Waals surface area contributed by atoms with Gasteiger partial charge in [0.2, 0.25) is 0 Å². The van der Waals surface area contributed by atoms with Crippen molar-refractivity contribution in [2.24, 2.45) is 17.8 Å². The van der Waals surface area contributed by atoms with Crippen LogP contribution in [0.1, 0.15) is 57.4 Å². The van der Waals surface area contributed by atoms with Gasteiger partial charge in [0.25, 0.3) is 0 Å².